The number of amides is 1. The minimum absolute atomic E-state index is 0.112. The number of anilines is 1. The van der Waals surface area contributed by atoms with Crippen LogP contribution in [0.2, 0.25) is 0 Å². The number of furan rings is 1. The van der Waals surface area contributed by atoms with E-state index >= 15 is 0 Å². The van der Waals surface area contributed by atoms with E-state index < -0.39 is 0 Å². The third-order valence-electron chi connectivity index (χ3n) is 4.44. The Kier molecular flexibility index (Phi) is 5.44. The van der Waals surface area contributed by atoms with Gasteiger partial charge >= 0.3 is 0 Å². The summed E-state index contributed by atoms with van der Waals surface area (Å²) in [6.45, 7) is 0.566. The van der Waals surface area contributed by atoms with Gasteiger partial charge in [-0.2, -0.15) is 5.26 Å². The first kappa shape index (κ1) is 18.3. The van der Waals surface area contributed by atoms with Crippen molar-refractivity contribution < 1.29 is 9.21 Å². The second kappa shape index (κ2) is 8.31. The van der Waals surface area contributed by atoms with Crippen LogP contribution in [0.25, 0.3) is 0 Å². The molecule has 0 atom stereocenters. The van der Waals surface area contributed by atoms with Crippen LogP contribution in [0.3, 0.4) is 0 Å². The lowest BCUT2D eigenvalue weighted by molar-refractivity contribution is -0.113. The summed E-state index contributed by atoms with van der Waals surface area (Å²) in [4.78, 5) is 12.3. The third-order valence-corrected chi connectivity index (χ3v) is 5.40. The van der Waals surface area contributed by atoms with Crippen molar-refractivity contribution in [2.75, 3.05) is 11.1 Å². The fourth-order valence-electron chi connectivity index (χ4n) is 2.88. The van der Waals surface area contributed by atoms with Gasteiger partial charge in [-0.25, -0.2) is 0 Å². The summed E-state index contributed by atoms with van der Waals surface area (Å²) >= 11 is 1.37. The van der Waals surface area contributed by atoms with E-state index in [1.807, 2.05) is 28.8 Å². The van der Waals surface area contributed by atoms with Crippen molar-refractivity contribution in [2.24, 2.45) is 0 Å². The molecule has 1 aliphatic carbocycles. The second-order valence-corrected chi connectivity index (χ2v) is 7.59. The topological polar surface area (TPSA) is 96.7 Å². The number of rotatable bonds is 8. The van der Waals surface area contributed by atoms with Gasteiger partial charge in [0.15, 0.2) is 5.16 Å². The highest BCUT2D eigenvalue weighted by Crippen LogP contribution is 2.40. The summed E-state index contributed by atoms with van der Waals surface area (Å²) in [6, 6.07) is 13.2. The third kappa shape index (κ3) is 4.43. The zero-order chi connectivity index (χ0) is 19.3. The zero-order valence-electron chi connectivity index (χ0n) is 15.2. The molecule has 1 saturated carbocycles. The fraction of sp³-hybridized carbons (Fsp3) is 0.300. The van der Waals surface area contributed by atoms with Gasteiger partial charge in [-0.15, -0.1) is 10.2 Å². The van der Waals surface area contributed by atoms with Gasteiger partial charge in [0.2, 0.25) is 5.91 Å². The number of carbonyl (C=O) groups excluding carboxylic acids is 1. The van der Waals surface area contributed by atoms with Crippen LogP contribution in [0, 0.1) is 11.3 Å². The molecule has 7 nitrogen and oxygen atoms in total. The summed E-state index contributed by atoms with van der Waals surface area (Å²) in [6.07, 6.45) is 4.27. The molecule has 0 unspecified atom stereocenters. The largest absolute Gasteiger partial charge is 0.467 e. The summed E-state index contributed by atoms with van der Waals surface area (Å²) < 4.78 is 7.51. The van der Waals surface area contributed by atoms with Crippen molar-refractivity contribution in [3.8, 4) is 6.07 Å². The van der Waals surface area contributed by atoms with Crippen LogP contribution in [0.15, 0.2) is 52.2 Å². The molecule has 0 bridgehead atoms. The smallest absolute Gasteiger partial charge is 0.234 e. The van der Waals surface area contributed by atoms with E-state index in [2.05, 4.69) is 21.6 Å². The first-order valence-corrected chi connectivity index (χ1v) is 10.1. The van der Waals surface area contributed by atoms with Crippen molar-refractivity contribution in [2.45, 2.75) is 36.9 Å². The maximum Gasteiger partial charge on any atom is 0.234 e. The lowest BCUT2D eigenvalue weighted by Crippen LogP contribution is -2.15. The second-order valence-electron chi connectivity index (χ2n) is 6.65. The van der Waals surface area contributed by atoms with Gasteiger partial charge in [-0.05, 0) is 42.7 Å². The Morgan fingerprint density at radius 2 is 2.11 bits per heavy atom. The molecule has 0 radical (unpaired) electrons. The molecule has 0 saturated heterocycles. The number of nitriles is 1. The monoisotopic (exact) mass is 393 g/mol. The minimum Gasteiger partial charge on any atom is -0.467 e. The lowest BCUT2D eigenvalue weighted by Gasteiger charge is -2.09. The standard InChI is InChI=1S/C20H19N5O2S/c21-10-9-14-3-7-16(8-4-14)22-18(26)13-28-20-24-23-19(15-5-6-15)25(20)12-17-2-1-11-27-17/h1-4,7-8,11,15H,5-6,9,12-13H2,(H,22,26). The first-order chi connectivity index (χ1) is 13.7. The van der Waals surface area contributed by atoms with Gasteiger partial charge in [0.05, 0.1) is 31.1 Å². The van der Waals surface area contributed by atoms with E-state index in [1.165, 1.54) is 11.8 Å². The molecule has 2 aromatic heterocycles. The molecular formula is C20H19N5O2S. The van der Waals surface area contributed by atoms with Crippen LogP contribution < -0.4 is 5.32 Å². The lowest BCUT2D eigenvalue weighted by atomic mass is 10.1. The summed E-state index contributed by atoms with van der Waals surface area (Å²) in [5.41, 5.74) is 1.64. The number of benzene rings is 1. The van der Waals surface area contributed by atoms with Crippen LogP contribution in [-0.2, 0) is 17.8 Å². The molecule has 0 aliphatic heterocycles. The average Bonchev–Trinajstić information content (AvgIpc) is 3.26. The molecule has 0 spiro atoms. The van der Waals surface area contributed by atoms with Crippen molar-refractivity contribution in [3.63, 3.8) is 0 Å². The Labute approximate surface area is 166 Å². The SMILES string of the molecule is N#CCc1ccc(NC(=O)CSc2nnc(C3CC3)n2Cc2ccco2)cc1. The van der Waals surface area contributed by atoms with Gasteiger partial charge in [0, 0.05) is 11.6 Å². The van der Waals surface area contributed by atoms with Crippen molar-refractivity contribution in [1.29, 1.82) is 5.26 Å². The van der Waals surface area contributed by atoms with E-state index in [9.17, 15) is 4.79 Å². The number of nitrogens with one attached hydrogen (secondary N) is 1. The van der Waals surface area contributed by atoms with Crippen LogP contribution in [-0.4, -0.2) is 26.4 Å². The van der Waals surface area contributed by atoms with Crippen molar-refractivity contribution in [1.82, 2.24) is 14.8 Å². The molecule has 28 heavy (non-hydrogen) atoms. The molecule has 3 aromatic rings. The quantitative estimate of drug-likeness (QED) is 0.588. The van der Waals surface area contributed by atoms with Gasteiger partial charge < -0.3 is 9.73 Å². The summed E-state index contributed by atoms with van der Waals surface area (Å²) in [5.74, 6) is 2.38. The fourth-order valence-corrected chi connectivity index (χ4v) is 3.63. The predicted octanol–water partition coefficient (Wildman–Crippen LogP) is 3.59. The highest BCUT2D eigenvalue weighted by molar-refractivity contribution is 7.99. The van der Waals surface area contributed by atoms with Crippen LogP contribution in [0.5, 0.6) is 0 Å². The molecule has 2 heterocycles. The molecule has 1 amide bonds. The normalized spacial score (nSPS) is 13.2. The maximum absolute atomic E-state index is 12.3. The minimum atomic E-state index is -0.112. The van der Waals surface area contributed by atoms with Crippen LogP contribution in [0.4, 0.5) is 5.69 Å². The Hall–Kier alpha value is -3.05. The molecule has 1 fully saturated rings. The number of aromatic nitrogens is 3. The first-order valence-electron chi connectivity index (χ1n) is 9.07. The number of thioether (sulfide) groups is 1. The maximum atomic E-state index is 12.3. The Morgan fingerprint density at radius 3 is 2.79 bits per heavy atom. The van der Waals surface area contributed by atoms with E-state index in [0.29, 0.717) is 24.6 Å². The Balaban J connectivity index is 1.39. The van der Waals surface area contributed by atoms with Crippen LogP contribution in [0.1, 0.15) is 35.9 Å². The van der Waals surface area contributed by atoms with E-state index in [1.54, 1.807) is 18.4 Å². The molecule has 1 aliphatic rings. The van der Waals surface area contributed by atoms with Gasteiger partial charge in [-0.3, -0.25) is 9.36 Å². The highest BCUT2D eigenvalue weighted by atomic mass is 32.2. The highest BCUT2D eigenvalue weighted by Gasteiger charge is 2.30. The van der Waals surface area contributed by atoms with Crippen LogP contribution >= 0.6 is 11.8 Å². The predicted molar refractivity (Wildman–Crippen MR) is 105 cm³/mol. The Morgan fingerprint density at radius 1 is 1.29 bits per heavy atom. The summed E-state index contributed by atoms with van der Waals surface area (Å²) in [7, 11) is 0. The van der Waals surface area contributed by atoms with E-state index in [-0.39, 0.29) is 11.7 Å². The molecular weight excluding hydrogens is 374 g/mol. The van der Waals surface area contributed by atoms with Crippen molar-refractivity contribution >= 4 is 23.4 Å². The van der Waals surface area contributed by atoms with E-state index in [4.69, 9.17) is 9.68 Å². The van der Waals surface area contributed by atoms with Gasteiger partial charge in [-0.1, -0.05) is 23.9 Å². The number of hydrogen-bond donors (Lipinski definition) is 1. The molecule has 1 aromatic carbocycles. The molecule has 1 N–H and O–H groups in total. The molecule has 8 heteroatoms. The summed E-state index contributed by atoms with van der Waals surface area (Å²) in [5, 5.41) is 20.9. The average molecular weight is 393 g/mol. The number of nitrogens with zero attached hydrogens (tertiary/aromatic N) is 4. The number of hydrogen-bond acceptors (Lipinski definition) is 6. The Bertz CT molecular complexity index is 985. The van der Waals surface area contributed by atoms with Gasteiger partial charge in [0.1, 0.15) is 11.6 Å². The van der Waals surface area contributed by atoms with Gasteiger partial charge in [0.25, 0.3) is 0 Å². The zero-order valence-corrected chi connectivity index (χ0v) is 16.0. The van der Waals surface area contributed by atoms with E-state index in [0.717, 1.165) is 35.1 Å². The molecule has 142 valence electrons. The molecule has 4 rings (SSSR count). The number of carbonyl (C=O) groups is 1. The van der Waals surface area contributed by atoms with Crippen molar-refractivity contribution in [3.05, 3.63) is 59.8 Å².